The predicted octanol–water partition coefficient (Wildman–Crippen LogP) is 2.17. The zero-order valence-corrected chi connectivity index (χ0v) is 12.6. The molecule has 1 saturated heterocycles. The van der Waals surface area contributed by atoms with E-state index in [1.807, 2.05) is 18.2 Å². The monoisotopic (exact) mass is 286 g/mol. The van der Waals surface area contributed by atoms with E-state index in [9.17, 15) is 4.79 Å². The van der Waals surface area contributed by atoms with Crippen LogP contribution in [0.15, 0.2) is 24.5 Å². The number of benzene rings is 1. The van der Waals surface area contributed by atoms with Crippen molar-refractivity contribution in [3.63, 3.8) is 0 Å². The Bertz CT molecular complexity index is 626. The highest BCUT2D eigenvalue weighted by Crippen LogP contribution is 2.17. The molecular weight excluding hydrogens is 264 g/mol. The Balaban J connectivity index is 1.66. The van der Waals surface area contributed by atoms with Crippen LogP contribution in [-0.4, -0.2) is 45.9 Å². The summed E-state index contributed by atoms with van der Waals surface area (Å²) < 4.78 is 0. The van der Waals surface area contributed by atoms with Crippen molar-refractivity contribution in [2.45, 2.75) is 38.8 Å². The van der Waals surface area contributed by atoms with E-state index >= 15 is 0 Å². The fourth-order valence-corrected chi connectivity index (χ4v) is 2.97. The summed E-state index contributed by atoms with van der Waals surface area (Å²) in [5.41, 5.74) is 2.30. The molecule has 0 aliphatic carbocycles. The van der Waals surface area contributed by atoms with Gasteiger partial charge in [0, 0.05) is 25.2 Å². The SMILES string of the molecule is CC(C)N1CCC(NC(=O)c2cccc3[nH]cnc23)CC1. The van der Waals surface area contributed by atoms with Crippen LogP contribution >= 0.6 is 0 Å². The molecule has 3 rings (SSSR count). The lowest BCUT2D eigenvalue weighted by Gasteiger charge is -2.34. The van der Waals surface area contributed by atoms with Gasteiger partial charge in [0.05, 0.1) is 17.4 Å². The van der Waals surface area contributed by atoms with Gasteiger partial charge >= 0.3 is 0 Å². The van der Waals surface area contributed by atoms with Crippen LogP contribution in [0.3, 0.4) is 0 Å². The van der Waals surface area contributed by atoms with Crippen molar-refractivity contribution in [2.75, 3.05) is 13.1 Å². The van der Waals surface area contributed by atoms with Crippen LogP contribution in [0.4, 0.5) is 0 Å². The largest absolute Gasteiger partial charge is 0.349 e. The number of likely N-dealkylation sites (tertiary alicyclic amines) is 1. The lowest BCUT2D eigenvalue weighted by Crippen LogP contribution is -2.46. The first kappa shape index (κ1) is 14.1. The third-order valence-electron chi connectivity index (χ3n) is 4.29. The molecule has 1 aromatic carbocycles. The third-order valence-corrected chi connectivity index (χ3v) is 4.29. The number of hydrogen-bond acceptors (Lipinski definition) is 3. The molecule has 112 valence electrons. The van der Waals surface area contributed by atoms with Crippen molar-refractivity contribution in [1.82, 2.24) is 20.2 Å². The topological polar surface area (TPSA) is 61.0 Å². The van der Waals surface area contributed by atoms with Crippen molar-refractivity contribution in [1.29, 1.82) is 0 Å². The molecule has 1 aliphatic rings. The number of aromatic nitrogens is 2. The van der Waals surface area contributed by atoms with Crippen molar-refractivity contribution in [3.05, 3.63) is 30.1 Å². The summed E-state index contributed by atoms with van der Waals surface area (Å²) in [5.74, 6) is -0.0179. The standard InChI is InChI=1S/C16H22N4O/c1-11(2)20-8-6-12(7-9-20)19-16(21)13-4-3-5-14-15(13)18-10-17-14/h3-5,10-12H,6-9H2,1-2H3,(H,17,18)(H,19,21). The Kier molecular flexibility index (Phi) is 3.92. The quantitative estimate of drug-likeness (QED) is 0.909. The molecule has 0 radical (unpaired) electrons. The zero-order valence-electron chi connectivity index (χ0n) is 12.6. The van der Waals surface area contributed by atoms with Gasteiger partial charge in [-0.1, -0.05) is 6.07 Å². The number of piperidine rings is 1. The van der Waals surface area contributed by atoms with Gasteiger partial charge in [-0.25, -0.2) is 4.98 Å². The molecule has 0 bridgehead atoms. The zero-order chi connectivity index (χ0) is 14.8. The number of hydrogen-bond donors (Lipinski definition) is 2. The van der Waals surface area contributed by atoms with Crippen molar-refractivity contribution >= 4 is 16.9 Å². The average molecular weight is 286 g/mol. The van der Waals surface area contributed by atoms with Gasteiger partial charge in [0.1, 0.15) is 5.52 Å². The van der Waals surface area contributed by atoms with Crippen LogP contribution in [-0.2, 0) is 0 Å². The molecule has 1 amide bonds. The molecule has 1 fully saturated rings. The highest BCUT2D eigenvalue weighted by molar-refractivity contribution is 6.04. The Hall–Kier alpha value is -1.88. The Morgan fingerprint density at radius 2 is 2.14 bits per heavy atom. The second-order valence-corrected chi connectivity index (χ2v) is 5.98. The summed E-state index contributed by atoms with van der Waals surface area (Å²) >= 11 is 0. The normalized spacial score (nSPS) is 17.5. The van der Waals surface area contributed by atoms with Gasteiger partial charge in [-0.15, -0.1) is 0 Å². The fourth-order valence-electron chi connectivity index (χ4n) is 2.97. The summed E-state index contributed by atoms with van der Waals surface area (Å²) in [6, 6.07) is 6.50. The number of H-pyrrole nitrogens is 1. The molecule has 2 aromatic rings. The van der Waals surface area contributed by atoms with Gasteiger partial charge in [-0.05, 0) is 38.8 Å². The summed E-state index contributed by atoms with van der Waals surface area (Å²) in [4.78, 5) is 22.2. The Labute approximate surface area is 124 Å². The number of imidazole rings is 1. The lowest BCUT2D eigenvalue weighted by molar-refractivity contribution is 0.0902. The van der Waals surface area contributed by atoms with E-state index in [2.05, 4.69) is 34.0 Å². The second kappa shape index (κ2) is 5.85. The lowest BCUT2D eigenvalue weighted by atomic mass is 10.0. The maximum Gasteiger partial charge on any atom is 0.253 e. The maximum atomic E-state index is 12.5. The minimum absolute atomic E-state index is 0.0179. The molecule has 1 aromatic heterocycles. The number of rotatable bonds is 3. The number of fused-ring (bicyclic) bond motifs is 1. The molecule has 21 heavy (non-hydrogen) atoms. The van der Waals surface area contributed by atoms with Crippen LogP contribution in [0.25, 0.3) is 11.0 Å². The minimum atomic E-state index is -0.0179. The molecule has 0 atom stereocenters. The summed E-state index contributed by atoms with van der Waals surface area (Å²) in [6.45, 7) is 6.54. The van der Waals surface area contributed by atoms with Gasteiger partial charge in [0.15, 0.2) is 0 Å². The number of nitrogens with one attached hydrogen (secondary N) is 2. The van der Waals surface area contributed by atoms with Crippen LogP contribution in [0.1, 0.15) is 37.0 Å². The molecule has 5 heteroatoms. The minimum Gasteiger partial charge on any atom is -0.349 e. The Morgan fingerprint density at radius 3 is 2.86 bits per heavy atom. The highest BCUT2D eigenvalue weighted by Gasteiger charge is 2.23. The predicted molar refractivity (Wildman–Crippen MR) is 83.3 cm³/mol. The summed E-state index contributed by atoms with van der Waals surface area (Å²) in [6.07, 6.45) is 3.66. The smallest absolute Gasteiger partial charge is 0.253 e. The van der Waals surface area contributed by atoms with Gasteiger partial charge < -0.3 is 15.2 Å². The molecular formula is C16H22N4O. The first-order chi connectivity index (χ1) is 10.1. The summed E-state index contributed by atoms with van der Waals surface area (Å²) in [7, 11) is 0. The van der Waals surface area contributed by atoms with Gasteiger partial charge in [-0.2, -0.15) is 0 Å². The van der Waals surface area contributed by atoms with Crippen molar-refractivity contribution in [2.24, 2.45) is 0 Å². The molecule has 0 spiro atoms. The van der Waals surface area contributed by atoms with Crippen molar-refractivity contribution in [3.8, 4) is 0 Å². The summed E-state index contributed by atoms with van der Waals surface area (Å²) in [5, 5.41) is 3.16. The van der Waals surface area contributed by atoms with Gasteiger partial charge in [0.25, 0.3) is 5.91 Å². The van der Waals surface area contributed by atoms with E-state index in [4.69, 9.17) is 0 Å². The first-order valence-corrected chi connectivity index (χ1v) is 7.62. The highest BCUT2D eigenvalue weighted by atomic mass is 16.1. The fraction of sp³-hybridized carbons (Fsp3) is 0.500. The molecule has 2 heterocycles. The van der Waals surface area contributed by atoms with Crippen LogP contribution in [0.5, 0.6) is 0 Å². The number of amides is 1. The first-order valence-electron chi connectivity index (χ1n) is 7.62. The molecule has 0 saturated carbocycles. The molecule has 0 unspecified atom stereocenters. The number of para-hydroxylation sites is 1. The van der Waals surface area contributed by atoms with E-state index in [-0.39, 0.29) is 11.9 Å². The third kappa shape index (κ3) is 2.93. The van der Waals surface area contributed by atoms with Crippen LogP contribution in [0.2, 0.25) is 0 Å². The number of carbonyl (C=O) groups is 1. The maximum absolute atomic E-state index is 12.5. The molecule has 5 nitrogen and oxygen atoms in total. The van der Waals surface area contributed by atoms with Crippen LogP contribution < -0.4 is 5.32 Å². The van der Waals surface area contributed by atoms with E-state index in [0.29, 0.717) is 11.6 Å². The van der Waals surface area contributed by atoms with E-state index < -0.39 is 0 Å². The van der Waals surface area contributed by atoms with E-state index in [1.54, 1.807) is 6.33 Å². The van der Waals surface area contributed by atoms with Crippen LogP contribution in [0, 0.1) is 0 Å². The average Bonchev–Trinajstić information content (AvgIpc) is 2.96. The van der Waals surface area contributed by atoms with Crippen molar-refractivity contribution < 1.29 is 4.79 Å². The number of nitrogens with zero attached hydrogens (tertiary/aromatic N) is 2. The number of aromatic amines is 1. The van der Waals surface area contributed by atoms with E-state index in [1.165, 1.54) is 0 Å². The molecule has 1 aliphatic heterocycles. The van der Waals surface area contributed by atoms with Gasteiger partial charge in [-0.3, -0.25) is 4.79 Å². The number of carbonyl (C=O) groups excluding carboxylic acids is 1. The van der Waals surface area contributed by atoms with Gasteiger partial charge in [0.2, 0.25) is 0 Å². The second-order valence-electron chi connectivity index (χ2n) is 5.98. The van der Waals surface area contributed by atoms with E-state index in [0.717, 1.165) is 37.0 Å². The Morgan fingerprint density at radius 1 is 1.38 bits per heavy atom. The molecule has 2 N–H and O–H groups in total.